The SMILES string of the molecule is CCCC(NC(CC)(CC)CO)C(=O)OCC. The van der Waals surface area contributed by atoms with E-state index in [1.165, 1.54) is 0 Å². The molecular weight excluding hydrogens is 218 g/mol. The molecule has 0 spiro atoms. The number of nitrogens with one attached hydrogen (secondary N) is 1. The maximum atomic E-state index is 11.8. The van der Waals surface area contributed by atoms with Crippen molar-refractivity contribution in [2.24, 2.45) is 0 Å². The normalized spacial score (nSPS) is 13.5. The molecule has 1 atom stereocenters. The molecule has 4 heteroatoms. The highest BCUT2D eigenvalue weighted by Crippen LogP contribution is 2.17. The highest BCUT2D eigenvalue weighted by atomic mass is 16.5. The van der Waals surface area contributed by atoms with E-state index in [0.717, 1.165) is 25.7 Å². The topological polar surface area (TPSA) is 58.6 Å². The lowest BCUT2D eigenvalue weighted by molar-refractivity contribution is -0.146. The minimum atomic E-state index is -0.368. The van der Waals surface area contributed by atoms with Gasteiger partial charge in [-0.25, -0.2) is 0 Å². The van der Waals surface area contributed by atoms with Crippen molar-refractivity contribution < 1.29 is 14.6 Å². The Bertz CT molecular complexity index is 206. The molecule has 0 heterocycles. The standard InChI is InChI=1S/C13H27NO3/c1-5-9-11(12(16)17-8-4)14-13(6-2,7-3)10-15/h11,14-15H,5-10H2,1-4H3. The van der Waals surface area contributed by atoms with E-state index in [9.17, 15) is 9.90 Å². The first-order valence-electron chi connectivity index (χ1n) is 6.64. The Morgan fingerprint density at radius 3 is 2.24 bits per heavy atom. The summed E-state index contributed by atoms with van der Waals surface area (Å²) in [6.07, 6.45) is 3.23. The number of hydrogen-bond acceptors (Lipinski definition) is 4. The average molecular weight is 245 g/mol. The number of rotatable bonds is 9. The van der Waals surface area contributed by atoms with Gasteiger partial charge in [0.05, 0.1) is 13.2 Å². The van der Waals surface area contributed by atoms with Crippen molar-refractivity contribution in [1.29, 1.82) is 0 Å². The highest BCUT2D eigenvalue weighted by molar-refractivity contribution is 5.75. The van der Waals surface area contributed by atoms with Crippen LogP contribution in [0.25, 0.3) is 0 Å². The molecule has 17 heavy (non-hydrogen) atoms. The fraction of sp³-hybridized carbons (Fsp3) is 0.923. The Hall–Kier alpha value is -0.610. The molecule has 0 radical (unpaired) electrons. The Kier molecular flexibility index (Phi) is 8.17. The van der Waals surface area contributed by atoms with Crippen molar-refractivity contribution in [2.75, 3.05) is 13.2 Å². The van der Waals surface area contributed by atoms with Gasteiger partial charge in [0.25, 0.3) is 0 Å². The van der Waals surface area contributed by atoms with Gasteiger partial charge in [0.2, 0.25) is 0 Å². The Labute approximate surface area is 105 Å². The second kappa shape index (κ2) is 8.48. The van der Waals surface area contributed by atoms with Crippen LogP contribution in [0.15, 0.2) is 0 Å². The van der Waals surface area contributed by atoms with Crippen molar-refractivity contribution in [3.05, 3.63) is 0 Å². The number of carbonyl (C=O) groups excluding carboxylic acids is 1. The number of aliphatic hydroxyl groups excluding tert-OH is 1. The van der Waals surface area contributed by atoms with E-state index >= 15 is 0 Å². The molecule has 0 aliphatic heterocycles. The molecule has 0 aromatic heterocycles. The second-order valence-corrected chi connectivity index (χ2v) is 4.38. The van der Waals surface area contributed by atoms with E-state index in [4.69, 9.17) is 4.74 Å². The summed E-state index contributed by atoms with van der Waals surface area (Å²) in [5, 5.41) is 12.8. The fourth-order valence-electron chi connectivity index (χ4n) is 1.87. The molecule has 1 unspecified atom stereocenters. The second-order valence-electron chi connectivity index (χ2n) is 4.38. The summed E-state index contributed by atoms with van der Waals surface area (Å²) >= 11 is 0. The third-order valence-electron chi connectivity index (χ3n) is 3.29. The van der Waals surface area contributed by atoms with E-state index < -0.39 is 0 Å². The average Bonchev–Trinajstić information content (AvgIpc) is 2.35. The summed E-state index contributed by atoms with van der Waals surface area (Å²) in [4.78, 5) is 11.8. The molecule has 2 N–H and O–H groups in total. The number of hydrogen-bond donors (Lipinski definition) is 2. The van der Waals surface area contributed by atoms with Gasteiger partial charge in [-0.05, 0) is 26.2 Å². The van der Waals surface area contributed by atoms with Crippen molar-refractivity contribution in [3.8, 4) is 0 Å². The lowest BCUT2D eigenvalue weighted by atomic mass is 9.92. The Morgan fingerprint density at radius 1 is 1.29 bits per heavy atom. The summed E-state index contributed by atoms with van der Waals surface area (Å²) in [5.41, 5.74) is -0.368. The zero-order valence-electron chi connectivity index (χ0n) is 11.6. The zero-order chi connectivity index (χ0) is 13.3. The van der Waals surface area contributed by atoms with Crippen LogP contribution in [0, 0.1) is 0 Å². The van der Waals surface area contributed by atoms with Gasteiger partial charge in [-0.2, -0.15) is 0 Å². The van der Waals surface area contributed by atoms with Crippen LogP contribution >= 0.6 is 0 Å². The zero-order valence-corrected chi connectivity index (χ0v) is 11.6. The maximum absolute atomic E-state index is 11.8. The summed E-state index contributed by atoms with van der Waals surface area (Å²) in [6, 6.07) is -0.313. The summed E-state index contributed by atoms with van der Waals surface area (Å²) in [7, 11) is 0. The van der Waals surface area contributed by atoms with Crippen LogP contribution in [0.4, 0.5) is 0 Å². The maximum Gasteiger partial charge on any atom is 0.323 e. The summed E-state index contributed by atoms with van der Waals surface area (Å²) in [5.74, 6) is -0.214. The van der Waals surface area contributed by atoms with Crippen LogP contribution in [0.3, 0.4) is 0 Å². The van der Waals surface area contributed by atoms with Crippen LogP contribution in [-0.2, 0) is 9.53 Å². The molecule has 4 nitrogen and oxygen atoms in total. The fourth-order valence-corrected chi connectivity index (χ4v) is 1.87. The van der Waals surface area contributed by atoms with Gasteiger partial charge in [-0.1, -0.05) is 27.2 Å². The van der Waals surface area contributed by atoms with Gasteiger partial charge < -0.3 is 9.84 Å². The number of aliphatic hydroxyl groups is 1. The monoisotopic (exact) mass is 245 g/mol. The summed E-state index contributed by atoms with van der Waals surface area (Å²) < 4.78 is 5.05. The van der Waals surface area contributed by atoms with Gasteiger partial charge in [-0.3, -0.25) is 10.1 Å². The van der Waals surface area contributed by atoms with E-state index in [2.05, 4.69) is 5.32 Å². The first-order valence-corrected chi connectivity index (χ1v) is 6.64. The van der Waals surface area contributed by atoms with Gasteiger partial charge in [0, 0.05) is 5.54 Å². The lowest BCUT2D eigenvalue weighted by Gasteiger charge is -2.34. The highest BCUT2D eigenvalue weighted by Gasteiger charge is 2.31. The quantitative estimate of drug-likeness (QED) is 0.609. The van der Waals surface area contributed by atoms with E-state index in [-0.39, 0.29) is 24.2 Å². The molecule has 0 fully saturated rings. The molecule has 102 valence electrons. The Morgan fingerprint density at radius 2 is 1.88 bits per heavy atom. The Balaban J connectivity index is 4.65. The van der Waals surface area contributed by atoms with Crippen molar-refractivity contribution in [3.63, 3.8) is 0 Å². The number of carbonyl (C=O) groups is 1. The molecule has 0 aliphatic rings. The molecule has 0 rings (SSSR count). The van der Waals surface area contributed by atoms with Gasteiger partial charge in [0.15, 0.2) is 0 Å². The van der Waals surface area contributed by atoms with Crippen LogP contribution in [0.2, 0.25) is 0 Å². The first-order chi connectivity index (χ1) is 8.09. The molecule has 0 aromatic carbocycles. The third kappa shape index (κ3) is 5.04. The predicted molar refractivity (Wildman–Crippen MR) is 68.9 cm³/mol. The molecule has 0 saturated heterocycles. The van der Waals surface area contributed by atoms with Crippen molar-refractivity contribution >= 4 is 5.97 Å². The molecule has 0 bridgehead atoms. The minimum Gasteiger partial charge on any atom is -0.465 e. The van der Waals surface area contributed by atoms with Crippen LogP contribution in [0.5, 0.6) is 0 Å². The van der Waals surface area contributed by atoms with Gasteiger partial charge in [0.1, 0.15) is 6.04 Å². The van der Waals surface area contributed by atoms with Crippen LogP contribution in [-0.4, -0.2) is 35.9 Å². The minimum absolute atomic E-state index is 0.0413. The number of ether oxygens (including phenoxy) is 1. The van der Waals surface area contributed by atoms with Crippen LogP contribution < -0.4 is 5.32 Å². The molecular formula is C13H27NO3. The lowest BCUT2D eigenvalue weighted by Crippen LogP contribution is -2.55. The third-order valence-corrected chi connectivity index (χ3v) is 3.29. The largest absolute Gasteiger partial charge is 0.465 e. The molecule has 0 amide bonds. The van der Waals surface area contributed by atoms with Crippen molar-refractivity contribution in [2.45, 2.75) is 65.0 Å². The molecule has 0 aromatic rings. The smallest absolute Gasteiger partial charge is 0.323 e. The van der Waals surface area contributed by atoms with Crippen molar-refractivity contribution in [1.82, 2.24) is 5.32 Å². The van der Waals surface area contributed by atoms with E-state index in [1.807, 2.05) is 20.8 Å². The van der Waals surface area contributed by atoms with Crippen LogP contribution in [0.1, 0.15) is 53.4 Å². The summed E-state index contributed by atoms with van der Waals surface area (Å²) in [6.45, 7) is 8.30. The first kappa shape index (κ1) is 16.4. The molecule has 0 saturated carbocycles. The van der Waals surface area contributed by atoms with Gasteiger partial charge in [-0.15, -0.1) is 0 Å². The number of esters is 1. The molecule has 0 aliphatic carbocycles. The van der Waals surface area contributed by atoms with E-state index in [0.29, 0.717) is 6.61 Å². The van der Waals surface area contributed by atoms with E-state index in [1.54, 1.807) is 6.92 Å². The van der Waals surface area contributed by atoms with Gasteiger partial charge >= 0.3 is 5.97 Å². The predicted octanol–water partition coefficient (Wildman–Crippen LogP) is 1.86.